The first kappa shape index (κ1) is 16.6. The van der Waals surface area contributed by atoms with Crippen LogP contribution < -0.4 is 11.1 Å². The molecule has 0 radical (unpaired) electrons. The predicted octanol–water partition coefficient (Wildman–Crippen LogP) is 5.16. The maximum Gasteiger partial charge on any atom is 0.244 e. The molecule has 2 rings (SSSR count). The van der Waals surface area contributed by atoms with Crippen LogP contribution in [0.2, 0.25) is 10.0 Å². The van der Waals surface area contributed by atoms with Gasteiger partial charge in [0.05, 0.1) is 10.0 Å². The molecule has 0 heterocycles. The third-order valence-corrected chi connectivity index (χ3v) is 5.22. The molecular weight excluding hydrogens is 443 g/mol. The Kier molecular flexibility index (Phi) is 5.54. The van der Waals surface area contributed by atoms with Crippen molar-refractivity contribution in [3.8, 4) is 0 Å². The second kappa shape index (κ2) is 7.01. The highest BCUT2D eigenvalue weighted by Gasteiger charge is 2.18. The summed E-state index contributed by atoms with van der Waals surface area (Å²) in [5.74, 6) is -0.490. The first-order valence-corrected chi connectivity index (χ1v) is 8.18. The lowest BCUT2D eigenvalue weighted by atomic mass is 10.1. The van der Waals surface area contributed by atoms with E-state index in [9.17, 15) is 4.79 Å². The first-order valence-electron chi connectivity index (χ1n) is 5.84. The molecule has 7 heteroatoms. The molecule has 0 aromatic heterocycles. The number of hydrogen-bond acceptors (Lipinski definition) is 2. The third-order valence-electron chi connectivity index (χ3n) is 2.79. The molecule has 21 heavy (non-hydrogen) atoms. The second-order valence-electron chi connectivity index (χ2n) is 4.28. The smallest absolute Gasteiger partial charge is 0.244 e. The monoisotopic (exact) mass is 450 g/mol. The first-order chi connectivity index (χ1) is 9.88. The van der Waals surface area contributed by atoms with Gasteiger partial charge in [0.1, 0.15) is 6.04 Å². The zero-order chi connectivity index (χ0) is 15.6. The molecule has 2 aromatic rings. The molecule has 2 aromatic carbocycles. The zero-order valence-electron chi connectivity index (χ0n) is 10.5. The van der Waals surface area contributed by atoms with Crippen LogP contribution in [0.25, 0.3) is 0 Å². The van der Waals surface area contributed by atoms with Crippen molar-refractivity contribution in [2.24, 2.45) is 5.73 Å². The van der Waals surface area contributed by atoms with Crippen LogP contribution in [0.5, 0.6) is 0 Å². The van der Waals surface area contributed by atoms with E-state index in [4.69, 9.17) is 28.9 Å². The molecule has 0 aliphatic rings. The molecule has 0 fully saturated rings. The van der Waals surface area contributed by atoms with Gasteiger partial charge in [-0.05, 0) is 67.8 Å². The van der Waals surface area contributed by atoms with Gasteiger partial charge in [-0.1, -0.05) is 29.3 Å². The highest BCUT2D eigenvalue weighted by molar-refractivity contribution is 9.10. The van der Waals surface area contributed by atoms with Gasteiger partial charge < -0.3 is 11.1 Å². The van der Waals surface area contributed by atoms with Gasteiger partial charge in [-0.15, -0.1) is 0 Å². The molecule has 1 unspecified atom stereocenters. The lowest BCUT2D eigenvalue weighted by Gasteiger charge is -2.18. The summed E-state index contributed by atoms with van der Waals surface area (Å²) < 4.78 is 1.43. The number of nitrogens with one attached hydrogen (secondary N) is 1. The Morgan fingerprint density at radius 1 is 1.05 bits per heavy atom. The molecule has 0 saturated heterocycles. The number of carbonyl (C=O) groups excluding carboxylic acids is 1. The number of benzene rings is 2. The Morgan fingerprint density at radius 3 is 2.14 bits per heavy atom. The van der Waals surface area contributed by atoms with Crippen molar-refractivity contribution in [1.82, 2.24) is 0 Å². The van der Waals surface area contributed by atoms with Gasteiger partial charge in [0.15, 0.2) is 0 Å². The maximum absolute atomic E-state index is 11.7. The van der Waals surface area contributed by atoms with E-state index in [0.29, 0.717) is 20.1 Å². The SMILES string of the molecule is NC(=O)C(Nc1ccc(Cl)c(Br)c1)c1ccc(Cl)c(Br)c1. The summed E-state index contributed by atoms with van der Waals surface area (Å²) in [5.41, 5.74) is 6.92. The summed E-state index contributed by atoms with van der Waals surface area (Å²) in [6.07, 6.45) is 0. The number of anilines is 1. The normalized spacial score (nSPS) is 12.0. The van der Waals surface area contributed by atoms with E-state index in [1.807, 2.05) is 0 Å². The van der Waals surface area contributed by atoms with Crippen LogP contribution in [0.15, 0.2) is 45.3 Å². The van der Waals surface area contributed by atoms with E-state index in [1.54, 1.807) is 36.4 Å². The van der Waals surface area contributed by atoms with Crippen LogP contribution in [-0.2, 0) is 4.79 Å². The Labute approximate surface area is 149 Å². The quantitative estimate of drug-likeness (QED) is 0.673. The highest BCUT2D eigenvalue weighted by Crippen LogP contribution is 2.30. The maximum atomic E-state index is 11.7. The summed E-state index contributed by atoms with van der Waals surface area (Å²) in [7, 11) is 0. The summed E-state index contributed by atoms with van der Waals surface area (Å²) >= 11 is 18.6. The van der Waals surface area contributed by atoms with Gasteiger partial charge in [0, 0.05) is 14.6 Å². The molecule has 0 aliphatic heterocycles. The van der Waals surface area contributed by atoms with E-state index in [0.717, 1.165) is 10.2 Å². The van der Waals surface area contributed by atoms with Crippen LogP contribution >= 0.6 is 55.1 Å². The van der Waals surface area contributed by atoms with E-state index in [2.05, 4.69) is 37.2 Å². The van der Waals surface area contributed by atoms with E-state index < -0.39 is 11.9 Å². The molecule has 0 spiro atoms. The molecule has 0 saturated carbocycles. The molecule has 0 aliphatic carbocycles. The molecule has 3 nitrogen and oxygen atoms in total. The molecular formula is C14H10Br2Cl2N2O. The summed E-state index contributed by atoms with van der Waals surface area (Å²) in [4.78, 5) is 11.7. The van der Waals surface area contributed by atoms with Gasteiger partial charge >= 0.3 is 0 Å². The van der Waals surface area contributed by atoms with Crippen LogP contribution in [-0.4, -0.2) is 5.91 Å². The number of halogens is 4. The van der Waals surface area contributed by atoms with E-state index >= 15 is 0 Å². The largest absolute Gasteiger partial charge is 0.370 e. The minimum atomic E-state index is -0.674. The van der Waals surface area contributed by atoms with Crippen molar-refractivity contribution in [3.63, 3.8) is 0 Å². The van der Waals surface area contributed by atoms with Crippen LogP contribution in [0.4, 0.5) is 5.69 Å². The molecule has 0 bridgehead atoms. The van der Waals surface area contributed by atoms with E-state index in [-0.39, 0.29) is 0 Å². The Bertz CT molecular complexity index is 695. The minimum Gasteiger partial charge on any atom is -0.370 e. The number of hydrogen-bond donors (Lipinski definition) is 2. The van der Waals surface area contributed by atoms with Crippen LogP contribution in [0.3, 0.4) is 0 Å². The van der Waals surface area contributed by atoms with Gasteiger partial charge in [-0.2, -0.15) is 0 Å². The number of primary amides is 1. The molecule has 1 atom stereocenters. The van der Waals surface area contributed by atoms with Crippen molar-refractivity contribution < 1.29 is 4.79 Å². The Morgan fingerprint density at radius 2 is 1.62 bits per heavy atom. The second-order valence-corrected chi connectivity index (χ2v) is 6.81. The fourth-order valence-corrected chi connectivity index (χ4v) is 2.77. The average molecular weight is 453 g/mol. The van der Waals surface area contributed by atoms with Gasteiger partial charge in [0.2, 0.25) is 5.91 Å². The Hall–Kier alpha value is -0.750. The zero-order valence-corrected chi connectivity index (χ0v) is 15.2. The number of carbonyl (C=O) groups is 1. The van der Waals surface area contributed by atoms with Crippen molar-refractivity contribution in [3.05, 3.63) is 61.0 Å². The summed E-state index contributed by atoms with van der Waals surface area (Å²) in [6, 6.07) is 9.82. The van der Waals surface area contributed by atoms with Gasteiger partial charge in [-0.25, -0.2) is 0 Å². The third kappa shape index (κ3) is 4.13. The molecule has 3 N–H and O–H groups in total. The van der Waals surface area contributed by atoms with Crippen molar-refractivity contribution >= 4 is 66.7 Å². The molecule has 110 valence electrons. The van der Waals surface area contributed by atoms with E-state index in [1.165, 1.54) is 0 Å². The topological polar surface area (TPSA) is 55.1 Å². The van der Waals surface area contributed by atoms with Crippen LogP contribution in [0, 0.1) is 0 Å². The predicted molar refractivity (Wildman–Crippen MR) is 93.9 cm³/mol. The van der Waals surface area contributed by atoms with Crippen molar-refractivity contribution in [2.45, 2.75) is 6.04 Å². The number of nitrogens with two attached hydrogens (primary N) is 1. The Balaban J connectivity index is 2.32. The van der Waals surface area contributed by atoms with Crippen LogP contribution in [0.1, 0.15) is 11.6 Å². The summed E-state index contributed by atoms with van der Waals surface area (Å²) in [5, 5.41) is 4.24. The lowest BCUT2D eigenvalue weighted by Crippen LogP contribution is -2.27. The average Bonchev–Trinajstić information content (AvgIpc) is 2.43. The number of amides is 1. The molecule has 1 amide bonds. The van der Waals surface area contributed by atoms with Crippen molar-refractivity contribution in [1.29, 1.82) is 0 Å². The fourth-order valence-electron chi connectivity index (χ4n) is 1.76. The minimum absolute atomic E-state index is 0.490. The van der Waals surface area contributed by atoms with Gasteiger partial charge in [-0.3, -0.25) is 4.79 Å². The van der Waals surface area contributed by atoms with Crippen molar-refractivity contribution in [2.75, 3.05) is 5.32 Å². The lowest BCUT2D eigenvalue weighted by molar-refractivity contribution is -0.118. The standard InChI is InChI=1S/C14H10Br2Cl2N2O/c15-9-5-7(1-3-11(9)17)13(14(19)21)20-8-2-4-12(18)10(16)6-8/h1-6,13,20H,(H2,19,21). The van der Waals surface area contributed by atoms with Gasteiger partial charge in [0.25, 0.3) is 0 Å². The summed E-state index contributed by atoms with van der Waals surface area (Å²) in [6.45, 7) is 0. The highest BCUT2D eigenvalue weighted by atomic mass is 79.9. The number of rotatable bonds is 4. The fraction of sp³-hybridized carbons (Fsp3) is 0.0714.